The summed E-state index contributed by atoms with van der Waals surface area (Å²) < 4.78 is 1.44. The number of nitrogens with zero attached hydrogens (tertiary/aromatic N) is 3. The Morgan fingerprint density at radius 2 is 1.81 bits per heavy atom. The lowest BCUT2D eigenvalue weighted by atomic mass is 10.1. The van der Waals surface area contributed by atoms with Gasteiger partial charge >= 0.3 is 0 Å². The zero-order valence-electron chi connectivity index (χ0n) is 14.0. The lowest BCUT2D eigenvalue weighted by molar-refractivity contribution is -0.384. The van der Waals surface area contributed by atoms with Crippen LogP contribution >= 0.6 is 0 Å². The Morgan fingerprint density at radius 3 is 2.48 bits per heavy atom. The van der Waals surface area contributed by atoms with Crippen LogP contribution in [0.3, 0.4) is 0 Å². The number of benzene rings is 2. The number of para-hydroxylation sites is 1. The lowest BCUT2D eigenvalue weighted by Crippen LogP contribution is -2.18. The molecule has 3 aromatic rings. The monoisotopic (exact) mass is 365 g/mol. The van der Waals surface area contributed by atoms with E-state index in [0.717, 1.165) is 0 Å². The molecule has 2 aromatic carbocycles. The first kappa shape index (κ1) is 17.8. The van der Waals surface area contributed by atoms with Crippen molar-refractivity contribution in [2.24, 2.45) is 5.73 Å². The first-order valence-electron chi connectivity index (χ1n) is 7.92. The molecule has 1 heterocycles. The van der Waals surface area contributed by atoms with Crippen LogP contribution in [0.5, 0.6) is 0 Å². The molecule has 0 saturated heterocycles. The van der Waals surface area contributed by atoms with Crippen molar-refractivity contribution in [3.8, 4) is 5.69 Å². The van der Waals surface area contributed by atoms with E-state index in [9.17, 15) is 19.7 Å². The molecule has 0 bridgehead atoms. The van der Waals surface area contributed by atoms with E-state index in [2.05, 4.69) is 10.4 Å². The van der Waals surface area contributed by atoms with Gasteiger partial charge in [-0.25, -0.2) is 4.68 Å². The number of nitro benzene ring substituents is 1. The van der Waals surface area contributed by atoms with E-state index in [1.54, 1.807) is 30.5 Å². The summed E-state index contributed by atoms with van der Waals surface area (Å²) in [6.07, 6.45) is 1.58. The van der Waals surface area contributed by atoms with Gasteiger partial charge in [-0.1, -0.05) is 18.2 Å². The second-order valence-corrected chi connectivity index (χ2v) is 5.67. The van der Waals surface area contributed by atoms with Gasteiger partial charge in [-0.2, -0.15) is 5.10 Å². The van der Waals surface area contributed by atoms with E-state index in [-0.39, 0.29) is 17.8 Å². The highest BCUT2D eigenvalue weighted by atomic mass is 16.6. The van der Waals surface area contributed by atoms with Gasteiger partial charge in [0.1, 0.15) is 0 Å². The third-order valence-corrected chi connectivity index (χ3v) is 3.78. The third kappa shape index (κ3) is 4.15. The number of non-ortho nitro benzene ring substituents is 1. The van der Waals surface area contributed by atoms with Crippen LogP contribution in [0.2, 0.25) is 0 Å². The van der Waals surface area contributed by atoms with Gasteiger partial charge in [-0.3, -0.25) is 19.7 Å². The highest BCUT2D eigenvalue weighted by Gasteiger charge is 2.14. The van der Waals surface area contributed by atoms with Crippen LogP contribution < -0.4 is 11.1 Å². The van der Waals surface area contributed by atoms with Crippen molar-refractivity contribution in [3.05, 3.63) is 82.2 Å². The summed E-state index contributed by atoms with van der Waals surface area (Å²) in [4.78, 5) is 33.8. The number of nitrogens with two attached hydrogens (primary N) is 1. The van der Waals surface area contributed by atoms with E-state index < -0.39 is 16.7 Å². The van der Waals surface area contributed by atoms with Crippen molar-refractivity contribution in [3.63, 3.8) is 0 Å². The molecule has 0 fully saturated rings. The van der Waals surface area contributed by atoms with Crippen molar-refractivity contribution in [2.45, 2.75) is 6.42 Å². The summed E-state index contributed by atoms with van der Waals surface area (Å²) in [5.74, 6) is -0.952. The van der Waals surface area contributed by atoms with Crippen molar-refractivity contribution in [2.75, 3.05) is 5.32 Å². The van der Waals surface area contributed by atoms with Gasteiger partial charge in [0.2, 0.25) is 5.91 Å². The van der Waals surface area contributed by atoms with Crippen molar-refractivity contribution >= 4 is 23.2 Å². The topological polar surface area (TPSA) is 133 Å². The third-order valence-electron chi connectivity index (χ3n) is 3.78. The summed E-state index contributed by atoms with van der Waals surface area (Å²) in [6.45, 7) is 0. The smallest absolute Gasteiger partial charge is 0.276 e. The summed E-state index contributed by atoms with van der Waals surface area (Å²) in [6, 6.07) is 14.2. The molecule has 0 aliphatic rings. The Hall–Kier alpha value is -4.01. The predicted octanol–water partition coefficient (Wildman–Crippen LogP) is 2.06. The number of hydrogen-bond donors (Lipinski definition) is 2. The summed E-state index contributed by atoms with van der Waals surface area (Å²) >= 11 is 0. The number of rotatable bonds is 6. The maximum Gasteiger partial charge on any atom is 0.276 e. The number of carbonyl (C=O) groups is 2. The number of amides is 2. The summed E-state index contributed by atoms with van der Waals surface area (Å²) in [5, 5.41) is 17.6. The van der Waals surface area contributed by atoms with Crippen LogP contribution in [0.25, 0.3) is 5.69 Å². The van der Waals surface area contributed by atoms with E-state index in [1.807, 2.05) is 0 Å². The average Bonchev–Trinajstić information content (AvgIpc) is 3.13. The van der Waals surface area contributed by atoms with E-state index >= 15 is 0 Å². The number of primary amides is 1. The van der Waals surface area contributed by atoms with E-state index in [0.29, 0.717) is 16.9 Å². The molecule has 3 N–H and O–H groups in total. The van der Waals surface area contributed by atoms with Crippen LogP contribution in [0.1, 0.15) is 16.1 Å². The van der Waals surface area contributed by atoms with Gasteiger partial charge < -0.3 is 11.1 Å². The molecule has 0 aliphatic heterocycles. The molecule has 2 amide bonds. The van der Waals surface area contributed by atoms with E-state index in [1.165, 1.54) is 35.0 Å². The summed E-state index contributed by atoms with van der Waals surface area (Å²) in [5.41, 5.74) is 7.01. The highest BCUT2D eigenvalue weighted by molar-refractivity contribution is 6.03. The number of anilines is 1. The van der Waals surface area contributed by atoms with Crippen molar-refractivity contribution < 1.29 is 14.5 Å². The minimum atomic E-state index is -0.501. The number of aromatic nitrogens is 2. The molecule has 0 unspecified atom stereocenters. The van der Waals surface area contributed by atoms with Gasteiger partial charge in [0.15, 0.2) is 5.69 Å². The molecule has 9 heteroatoms. The fraction of sp³-hybridized carbons (Fsp3) is 0.0556. The fourth-order valence-corrected chi connectivity index (χ4v) is 2.49. The molecule has 3 rings (SSSR count). The zero-order valence-corrected chi connectivity index (χ0v) is 14.0. The normalized spacial score (nSPS) is 10.4. The number of hydrogen-bond acceptors (Lipinski definition) is 5. The molecular formula is C18H15N5O4. The van der Waals surface area contributed by atoms with Gasteiger partial charge in [0.25, 0.3) is 11.6 Å². The Balaban J connectivity index is 1.78. The minimum Gasteiger partial charge on any atom is -0.369 e. The largest absolute Gasteiger partial charge is 0.369 e. The molecule has 1 aromatic heterocycles. The number of nitro groups is 1. The first-order valence-corrected chi connectivity index (χ1v) is 7.92. The molecule has 0 spiro atoms. The standard InChI is InChI=1S/C18H15N5O4/c19-17(24)11-12-3-1-2-4-15(12)20-18(25)16-9-10-22(21-16)13-5-7-14(8-6-13)23(26)27/h1-10H,11H2,(H2,19,24)(H,20,25). The number of carbonyl (C=O) groups excluding carboxylic acids is 2. The molecule has 0 aliphatic carbocycles. The molecule has 136 valence electrons. The molecular weight excluding hydrogens is 350 g/mol. The Kier molecular flexibility index (Phi) is 4.93. The van der Waals surface area contributed by atoms with Gasteiger partial charge in [-0.05, 0) is 29.8 Å². The van der Waals surface area contributed by atoms with Crippen molar-refractivity contribution in [1.82, 2.24) is 9.78 Å². The van der Waals surface area contributed by atoms with E-state index in [4.69, 9.17) is 5.73 Å². The van der Waals surface area contributed by atoms with Gasteiger partial charge in [0.05, 0.1) is 17.0 Å². The summed E-state index contributed by atoms with van der Waals surface area (Å²) in [7, 11) is 0. The van der Waals surface area contributed by atoms with Crippen LogP contribution in [-0.4, -0.2) is 26.5 Å². The molecule has 0 saturated carbocycles. The van der Waals surface area contributed by atoms with Crippen LogP contribution in [0, 0.1) is 10.1 Å². The highest BCUT2D eigenvalue weighted by Crippen LogP contribution is 2.18. The number of nitrogens with one attached hydrogen (secondary N) is 1. The Labute approximate surface area is 153 Å². The predicted molar refractivity (Wildman–Crippen MR) is 97.5 cm³/mol. The van der Waals surface area contributed by atoms with Gasteiger partial charge in [0, 0.05) is 24.0 Å². The molecule has 9 nitrogen and oxygen atoms in total. The Bertz CT molecular complexity index is 1010. The Morgan fingerprint density at radius 1 is 1.11 bits per heavy atom. The van der Waals surface area contributed by atoms with Crippen molar-refractivity contribution in [1.29, 1.82) is 0 Å². The lowest BCUT2D eigenvalue weighted by Gasteiger charge is -2.08. The minimum absolute atomic E-state index is 0.00763. The van der Waals surface area contributed by atoms with Crippen LogP contribution in [0.15, 0.2) is 60.8 Å². The molecule has 0 radical (unpaired) electrons. The maximum atomic E-state index is 12.4. The van der Waals surface area contributed by atoms with Gasteiger partial charge in [-0.15, -0.1) is 0 Å². The first-order chi connectivity index (χ1) is 12.9. The maximum absolute atomic E-state index is 12.4. The average molecular weight is 365 g/mol. The second-order valence-electron chi connectivity index (χ2n) is 5.67. The quantitative estimate of drug-likeness (QED) is 0.509. The zero-order chi connectivity index (χ0) is 19.4. The molecule has 0 atom stereocenters. The second kappa shape index (κ2) is 7.48. The van der Waals surface area contributed by atoms with Crippen LogP contribution in [-0.2, 0) is 11.2 Å². The SMILES string of the molecule is NC(=O)Cc1ccccc1NC(=O)c1ccn(-c2ccc([N+](=O)[O-])cc2)n1. The molecule has 27 heavy (non-hydrogen) atoms. The fourth-order valence-electron chi connectivity index (χ4n) is 2.49. The van der Waals surface area contributed by atoms with Crippen LogP contribution in [0.4, 0.5) is 11.4 Å².